The number of hydrogen-bond acceptors (Lipinski definition) is 4. The molecule has 0 radical (unpaired) electrons. The zero-order chi connectivity index (χ0) is 23.4. The molecule has 0 fully saturated rings. The summed E-state index contributed by atoms with van der Waals surface area (Å²) in [6.45, 7) is 3.35. The van der Waals surface area contributed by atoms with Gasteiger partial charge in [0, 0.05) is 56.8 Å². The molecule has 7 nitrogen and oxygen atoms in total. The van der Waals surface area contributed by atoms with Crippen LogP contribution in [0.15, 0.2) is 54.6 Å². The quantitative estimate of drug-likeness (QED) is 0.632. The van der Waals surface area contributed by atoms with E-state index in [-0.39, 0.29) is 11.9 Å². The van der Waals surface area contributed by atoms with E-state index in [4.69, 9.17) is 15.0 Å². The average molecular weight is 447 g/mol. The number of aliphatic carboxylic acids is 1. The lowest BCUT2D eigenvalue weighted by atomic mass is 9.95. The van der Waals surface area contributed by atoms with Gasteiger partial charge in [0.2, 0.25) is 5.91 Å². The fraction of sp³-hybridized carbons (Fsp3) is 0.346. The molecule has 33 heavy (non-hydrogen) atoms. The van der Waals surface area contributed by atoms with Crippen LogP contribution in [0.1, 0.15) is 29.3 Å². The Kier molecular flexibility index (Phi) is 6.89. The zero-order valence-corrected chi connectivity index (χ0v) is 19.1. The Morgan fingerprint density at radius 3 is 2.36 bits per heavy atom. The standard InChI is InChI=1S/C24H26N4O.C2H4O2/c1-27-22-12-14-28(13-11-20(22)23(26-27)17-7-3-2-4-8-17)24(29)21-15-18-9-5-6-10-19(18)16-25-21;1-2(3)4/h2-10,21,25H,11-16H2,1H3;1H3,(H,3,4)/t21-;/m1./s1. The molecule has 0 aliphatic carbocycles. The van der Waals surface area contributed by atoms with Crippen molar-refractivity contribution < 1.29 is 14.7 Å². The van der Waals surface area contributed by atoms with Crippen LogP contribution < -0.4 is 5.32 Å². The molecule has 7 heteroatoms. The number of aromatic nitrogens is 2. The van der Waals surface area contributed by atoms with E-state index in [2.05, 4.69) is 53.8 Å². The fourth-order valence-corrected chi connectivity index (χ4v) is 4.68. The molecule has 0 spiro atoms. The third-order valence-corrected chi connectivity index (χ3v) is 6.26. The second kappa shape index (κ2) is 10.0. The summed E-state index contributed by atoms with van der Waals surface area (Å²) in [5.74, 6) is -0.610. The van der Waals surface area contributed by atoms with Crippen molar-refractivity contribution in [3.05, 3.63) is 77.0 Å². The first-order valence-corrected chi connectivity index (χ1v) is 11.3. The predicted octanol–water partition coefficient (Wildman–Crippen LogP) is 2.82. The minimum atomic E-state index is -0.833. The highest BCUT2D eigenvalue weighted by Crippen LogP contribution is 2.28. The van der Waals surface area contributed by atoms with Gasteiger partial charge < -0.3 is 15.3 Å². The number of hydrogen-bond donors (Lipinski definition) is 2. The van der Waals surface area contributed by atoms with Crippen LogP contribution in [0.2, 0.25) is 0 Å². The number of carboxylic acid groups (broad SMARTS) is 1. The predicted molar refractivity (Wildman–Crippen MR) is 127 cm³/mol. The Morgan fingerprint density at radius 2 is 1.64 bits per heavy atom. The maximum absolute atomic E-state index is 13.3. The van der Waals surface area contributed by atoms with E-state index in [0.717, 1.165) is 57.1 Å². The largest absolute Gasteiger partial charge is 0.481 e. The van der Waals surface area contributed by atoms with Gasteiger partial charge >= 0.3 is 0 Å². The van der Waals surface area contributed by atoms with Gasteiger partial charge in [-0.2, -0.15) is 5.10 Å². The highest BCUT2D eigenvalue weighted by Gasteiger charge is 2.30. The Morgan fingerprint density at radius 1 is 1.00 bits per heavy atom. The van der Waals surface area contributed by atoms with Crippen molar-refractivity contribution in [2.75, 3.05) is 13.1 Å². The van der Waals surface area contributed by atoms with E-state index in [1.54, 1.807) is 0 Å². The van der Waals surface area contributed by atoms with E-state index >= 15 is 0 Å². The number of carbonyl (C=O) groups excluding carboxylic acids is 1. The van der Waals surface area contributed by atoms with Gasteiger partial charge in [0.1, 0.15) is 0 Å². The van der Waals surface area contributed by atoms with Crippen molar-refractivity contribution in [1.29, 1.82) is 0 Å². The highest BCUT2D eigenvalue weighted by molar-refractivity contribution is 5.83. The molecular formula is C26H30N4O3. The van der Waals surface area contributed by atoms with Crippen molar-refractivity contribution in [3.8, 4) is 11.3 Å². The molecule has 5 rings (SSSR count). The van der Waals surface area contributed by atoms with E-state index in [1.165, 1.54) is 22.4 Å². The van der Waals surface area contributed by atoms with Crippen LogP contribution in [0.25, 0.3) is 11.3 Å². The molecule has 2 aliphatic heterocycles. The van der Waals surface area contributed by atoms with Crippen LogP contribution in [0.5, 0.6) is 0 Å². The van der Waals surface area contributed by atoms with Gasteiger partial charge in [0.25, 0.3) is 5.97 Å². The van der Waals surface area contributed by atoms with Crippen molar-refractivity contribution >= 4 is 11.9 Å². The molecule has 3 heterocycles. The third-order valence-electron chi connectivity index (χ3n) is 6.26. The topological polar surface area (TPSA) is 87.5 Å². The van der Waals surface area contributed by atoms with Crippen LogP contribution in [0.3, 0.4) is 0 Å². The summed E-state index contributed by atoms with van der Waals surface area (Å²) in [4.78, 5) is 24.3. The molecule has 0 saturated carbocycles. The van der Waals surface area contributed by atoms with Crippen molar-refractivity contribution in [3.63, 3.8) is 0 Å². The molecule has 0 unspecified atom stereocenters. The van der Waals surface area contributed by atoms with Gasteiger partial charge in [-0.1, -0.05) is 54.6 Å². The van der Waals surface area contributed by atoms with Crippen LogP contribution >= 0.6 is 0 Å². The Hall–Kier alpha value is -3.45. The molecule has 2 aromatic carbocycles. The van der Waals surface area contributed by atoms with Crippen LogP contribution in [-0.4, -0.2) is 50.8 Å². The maximum Gasteiger partial charge on any atom is 0.300 e. The summed E-state index contributed by atoms with van der Waals surface area (Å²) in [6, 6.07) is 18.6. The van der Waals surface area contributed by atoms with Crippen molar-refractivity contribution in [2.24, 2.45) is 7.05 Å². The Bertz CT molecular complexity index is 1140. The minimum Gasteiger partial charge on any atom is -0.481 e. The third kappa shape index (κ3) is 5.14. The van der Waals surface area contributed by atoms with Gasteiger partial charge in [-0.3, -0.25) is 14.3 Å². The van der Waals surface area contributed by atoms with E-state index in [0.29, 0.717) is 0 Å². The molecule has 0 bridgehead atoms. The SMILES string of the molecule is CC(=O)O.Cn1nc(-c2ccccc2)c2c1CCN(C(=O)[C@H]1Cc3ccccc3CN1)CC2. The first kappa shape index (κ1) is 22.7. The van der Waals surface area contributed by atoms with Gasteiger partial charge in [0.05, 0.1) is 11.7 Å². The van der Waals surface area contributed by atoms with Gasteiger partial charge in [0.15, 0.2) is 0 Å². The van der Waals surface area contributed by atoms with Crippen molar-refractivity contribution in [2.45, 2.75) is 38.8 Å². The smallest absolute Gasteiger partial charge is 0.300 e. The number of nitrogens with zero attached hydrogens (tertiary/aromatic N) is 3. The average Bonchev–Trinajstić information content (AvgIpc) is 2.99. The number of benzene rings is 2. The Balaban J connectivity index is 0.000000601. The minimum absolute atomic E-state index is 0.127. The first-order chi connectivity index (χ1) is 15.9. The van der Waals surface area contributed by atoms with E-state index < -0.39 is 5.97 Å². The number of fused-ring (bicyclic) bond motifs is 2. The normalized spacial score (nSPS) is 17.2. The lowest BCUT2D eigenvalue weighted by Gasteiger charge is -2.30. The van der Waals surface area contributed by atoms with Crippen LogP contribution in [-0.2, 0) is 42.4 Å². The lowest BCUT2D eigenvalue weighted by Crippen LogP contribution is -2.50. The van der Waals surface area contributed by atoms with Gasteiger partial charge in [-0.25, -0.2) is 0 Å². The fourth-order valence-electron chi connectivity index (χ4n) is 4.68. The van der Waals surface area contributed by atoms with Crippen molar-refractivity contribution in [1.82, 2.24) is 20.0 Å². The summed E-state index contributed by atoms with van der Waals surface area (Å²) >= 11 is 0. The number of rotatable bonds is 2. The molecular weight excluding hydrogens is 416 g/mol. The molecule has 1 amide bonds. The number of amides is 1. The second-order valence-corrected chi connectivity index (χ2v) is 8.51. The number of nitrogens with one attached hydrogen (secondary N) is 1. The number of aryl methyl sites for hydroxylation is 1. The number of carbonyl (C=O) groups is 2. The summed E-state index contributed by atoms with van der Waals surface area (Å²) < 4.78 is 2.00. The molecule has 2 aliphatic rings. The first-order valence-electron chi connectivity index (χ1n) is 11.3. The monoisotopic (exact) mass is 446 g/mol. The van der Waals surface area contributed by atoms with Crippen LogP contribution in [0.4, 0.5) is 0 Å². The number of carboxylic acids is 1. The summed E-state index contributed by atoms with van der Waals surface area (Å²) in [5.41, 5.74) is 7.34. The van der Waals surface area contributed by atoms with Crippen LogP contribution in [0, 0.1) is 0 Å². The summed E-state index contributed by atoms with van der Waals surface area (Å²) in [7, 11) is 2.02. The Labute approximate surface area is 194 Å². The van der Waals surface area contributed by atoms with Gasteiger partial charge in [-0.05, 0) is 24.0 Å². The zero-order valence-electron chi connectivity index (χ0n) is 19.1. The maximum atomic E-state index is 13.3. The molecule has 3 aromatic rings. The summed E-state index contributed by atoms with van der Waals surface area (Å²) in [6.07, 6.45) is 2.47. The van der Waals surface area contributed by atoms with Gasteiger partial charge in [-0.15, -0.1) is 0 Å². The lowest BCUT2D eigenvalue weighted by molar-refractivity contribution is -0.135. The molecule has 2 N–H and O–H groups in total. The molecule has 1 aromatic heterocycles. The van der Waals surface area contributed by atoms with E-state index in [9.17, 15) is 4.79 Å². The molecule has 1 atom stereocenters. The highest BCUT2D eigenvalue weighted by atomic mass is 16.4. The summed E-state index contributed by atoms with van der Waals surface area (Å²) in [5, 5.41) is 15.7. The molecule has 172 valence electrons. The molecule has 0 saturated heterocycles. The second-order valence-electron chi connectivity index (χ2n) is 8.51. The van der Waals surface area contributed by atoms with E-state index in [1.807, 2.05) is 22.7 Å².